The molecular formula is C38H59N5O6. The van der Waals surface area contributed by atoms with E-state index in [1.165, 1.54) is 4.90 Å². The van der Waals surface area contributed by atoms with Gasteiger partial charge in [-0.2, -0.15) is 0 Å². The molecule has 0 aliphatic heterocycles. The normalized spacial score (nSPS) is 14.6. The number of imidazole rings is 1. The van der Waals surface area contributed by atoms with Gasteiger partial charge in [0, 0.05) is 38.5 Å². The lowest BCUT2D eigenvalue weighted by Gasteiger charge is -2.42. The molecule has 2 aromatic rings. The van der Waals surface area contributed by atoms with E-state index < -0.39 is 46.6 Å². The molecule has 0 saturated heterocycles. The fraction of sp³-hybridized carbons (Fsp3) is 0.605. The number of likely N-dealkylation sites (N-methyl/N-ethyl adjacent to an activating group) is 2. The summed E-state index contributed by atoms with van der Waals surface area (Å²) in [7, 11) is 3.22. The summed E-state index contributed by atoms with van der Waals surface area (Å²) in [5.74, 6) is -0.912. The maximum atomic E-state index is 14.5. The molecule has 0 aliphatic carbocycles. The van der Waals surface area contributed by atoms with Gasteiger partial charge in [-0.25, -0.2) is 9.78 Å². The Balaban J connectivity index is 2.51. The zero-order valence-electron chi connectivity index (χ0n) is 32.1. The van der Waals surface area contributed by atoms with E-state index in [1.54, 1.807) is 69.7 Å². The maximum Gasteiger partial charge on any atom is 0.410 e. The van der Waals surface area contributed by atoms with Gasteiger partial charge in [-0.05, 0) is 57.1 Å². The average molecular weight is 682 g/mol. The molecule has 3 amide bonds. The highest BCUT2D eigenvalue weighted by molar-refractivity contribution is 6.06. The highest BCUT2D eigenvalue weighted by atomic mass is 16.6. The van der Waals surface area contributed by atoms with Gasteiger partial charge in [0.1, 0.15) is 24.4 Å². The second kappa shape index (κ2) is 16.6. The molecule has 1 aromatic carbocycles. The molecule has 0 saturated carbocycles. The number of hydrogen-bond donors (Lipinski definition) is 1. The zero-order chi connectivity index (χ0) is 37.5. The van der Waals surface area contributed by atoms with Gasteiger partial charge in [0.15, 0.2) is 5.82 Å². The second-order valence-electron chi connectivity index (χ2n) is 15.6. The summed E-state index contributed by atoms with van der Waals surface area (Å²) >= 11 is 0. The van der Waals surface area contributed by atoms with Crippen LogP contribution in [0.4, 0.5) is 4.79 Å². The smallest absolute Gasteiger partial charge is 0.410 e. The van der Waals surface area contributed by atoms with Crippen LogP contribution in [0.2, 0.25) is 0 Å². The average Bonchev–Trinajstić information content (AvgIpc) is 3.47. The third kappa shape index (κ3) is 10.7. The lowest BCUT2D eigenvalue weighted by atomic mass is 9.76. The van der Waals surface area contributed by atoms with Gasteiger partial charge in [0.05, 0.1) is 6.04 Å². The topological polar surface area (TPSA) is 123 Å². The zero-order valence-corrected chi connectivity index (χ0v) is 32.1. The van der Waals surface area contributed by atoms with Gasteiger partial charge in [-0.3, -0.25) is 19.3 Å². The summed E-state index contributed by atoms with van der Waals surface area (Å²) in [6.07, 6.45) is 4.37. The van der Waals surface area contributed by atoms with E-state index >= 15 is 0 Å². The molecule has 1 aromatic heterocycles. The van der Waals surface area contributed by atoms with E-state index in [2.05, 4.69) is 10.3 Å². The van der Waals surface area contributed by atoms with Gasteiger partial charge < -0.3 is 24.3 Å². The van der Waals surface area contributed by atoms with E-state index in [4.69, 9.17) is 9.47 Å². The Morgan fingerprint density at radius 2 is 1.55 bits per heavy atom. The Hall–Kier alpha value is -3.99. The summed E-state index contributed by atoms with van der Waals surface area (Å²) in [5.41, 5.74) is -1.09. The standard InChI is InChI=1S/C38H59N5O6/c1-15-48-24-43-22-21-39-32(43)29(44)26(4)23-28(25(2)3)41(13)34(46)30(36(5,6)7)40-33(45)31(42(14)35(47)49-37(8,9)10)38(11,12)27-19-17-16-18-20-27/h16-23,25,28,30-31H,15,24H2,1-14H3,(H,40,45). The van der Waals surface area contributed by atoms with Crippen LogP contribution in [0.5, 0.6) is 0 Å². The van der Waals surface area contributed by atoms with Crippen molar-refractivity contribution < 1.29 is 28.7 Å². The summed E-state index contributed by atoms with van der Waals surface area (Å²) in [6, 6.07) is 7.00. The minimum atomic E-state index is -1.03. The van der Waals surface area contributed by atoms with Crippen molar-refractivity contribution in [1.82, 2.24) is 24.7 Å². The molecule has 0 spiro atoms. The number of allylic oxidation sites excluding steroid dienone is 1. The van der Waals surface area contributed by atoms with E-state index in [0.29, 0.717) is 12.2 Å². The maximum absolute atomic E-state index is 14.5. The summed E-state index contributed by atoms with van der Waals surface area (Å²) < 4.78 is 12.8. The molecule has 1 N–H and O–H groups in total. The van der Waals surface area contributed by atoms with Crippen LogP contribution >= 0.6 is 0 Å². The van der Waals surface area contributed by atoms with Crippen LogP contribution < -0.4 is 5.32 Å². The van der Waals surface area contributed by atoms with Crippen molar-refractivity contribution in [3.63, 3.8) is 0 Å². The number of rotatable bonds is 14. The van der Waals surface area contributed by atoms with Crippen molar-refractivity contribution in [1.29, 1.82) is 0 Å². The number of amides is 3. The van der Waals surface area contributed by atoms with E-state index in [0.717, 1.165) is 5.56 Å². The van der Waals surface area contributed by atoms with E-state index in [1.807, 2.05) is 85.7 Å². The first kappa shape index (κ1) is 41.2. The highest BCUT2D eigenvalue weighted by Gasteiger charge is 2.46. The summed E-state index contributed by atoms with van der Waals surface area (Å²) in [6.45, 7) is 23.0. The number of benzene rings is 1. The Labute approximate surface area is 293 Å². The number of hydrogen-bond acceptors (Lipinski definition) is 7. The quantitative estimate of drug-likeness (QED) is 0.185. The molecule has 11 heteroatoms. The molecule has 0 aliphatic rings. The Bertz CT molecular complexity index is 1470. The molecule has 49 heavy (non-hydrogen) atoms. The molecule has 3 unspecified atom stereocenters. The first-order valence-electron chi connectivity index (χ1n) is 16.9. The number of carbonyl (C=O) groups excluding carboxylic acids is 4. The number of ether oxygens (including phenoxy) is 2. The van der Waals surface area contributed by atoms with Crippen molar-refractivity contribution in [2.75, 3.05) is 20.7 Å². The van der Waals surface area contributed by atoms with Crippen LogP contribution in [0, 0.1) is 11.3 Å². The minimum Gasteiger partial charge on any atom is -0.444 e. The van der Waals surface area contributed by atoms with E-state index in [9.17, 15) is 19.2 Å². The number of Topliss-reactive ketones (excluding diaryl/α,β-unsaturated/α-hetero) is 1. The molecular weight excluding hydrogens is 622 g/mol. The van der Waals surface area contributed by atoms with Crippen LogP contribution in [0.25, 0.3) is 0 Å². The third-order valence-corrected chi connectivity index (χ3v) is 8.53. The predicted molar refractivity (Wildman–Crippen MR) is 192 cm³/mol. The van der Waals surface area contributed by atoms with Crippen molar-refractivity contribution >= 4 is 23.7 Å². The number of carbonyl (C=O) groups is 4. The lowest BCUT2D eigenvalue weighted by Crippen LogP contribution is -2.63. The minimum absolute atomic E-state index is 0.0701. The number of aromatic nitrogens is 2. The Morgan fingerprint density at radius 3 is 2.06 bits per heavy atom. The molecule has 1 heterocycles. The molecule has 11 nitrogen and oxygen atoms in total. The van der Waals surface area contributed by atoms with Gasteiger partial charge in [0.2, 0.25) is 17.6 Å². The largest absolute Gasteiger partial charge is 0.444 e. The predicted octanol–water partition coefficient (Wildman–Crippen LogP) is 6.23. The Morgan fingerprint density at radius 1 is 0.959 bits per heavy atom. The first-order valence-corrected chi connectivity index (χ1v) is 16.9. The van der Waals surface area contributed by atoms with Gasteiger partial charge in [0.25, 0.3) is 0 Å². The number of nitrogens with one attached hydrogen (secondary N) is 1. The molecule has 2 rings (SSSR count). The SMILES string of the molecule is CCOCn1ccnc1C(=O)C(C)=CC(C(C)C)N(C)C(=O)C(NC(=O)C(N(C)C(=O)OC(C)(C)C)C(C)(C)c1ccccc1)C(C)(C)C. The first-order chi connectivity index (χ1) is 22.5. The molecule has 0 radical (unpaired) electrons. The van der Waals surface area contributed by atoms with Crippen LogP contribution in [0.15, 0.2) is 54.4 Å². The monoisotopic (exact) mass is 681 g/mol. The highest BCUT2D eigenvalue weighted by Crippen LogP contribution is 2.32. The molecule has 0 fully saturated rings. The number of nitrogens with zero attached hydrogens (tertiary/aromatic N) is 4. The fourth-order valence-corrected chi connectivity index (χ4v) is 5.74. The molecule has 272 valence electrons. The van der Waals surface area contributed by atoms with Crippen molar-refractivity contribution in [2.24, 2.45) is 11.3 Å². The van der Waals surface area contributed by atoms with Crippen LogP contribution in [0.1, 0.15) is 99.3 Å². The van der Waals surface area contributed by atoms with Crippen LogP contribution in [-0.2, 0) is 31.2 Å². The summed E-state index contributed by atoms with van der Waals surface area (Å²) in [5, 5.41) is 3.04. The van der Waals surface area contributed by atoms with Gasteiger partial charge in [-0.1, -0.05) is 84.9 Å². The van der Waals surface area contributed by atoms with E-state index in [-0.39, 0.29) is 30.2 Å². The Kier molecular flexibility index (Phi) is 14.0. The lowest BCUT2D eigenvalue weighted by molar-refractivity contribution is -0.141. The van der Waals surface area contributed by atoms with Gasteiger partial charge in [-0.15, -0.1) is 0 Å². The van der Waals surface area contributed by atoms with Crippen molar-refractivity contribution in [3.8, 4) is 0 Å². The van der Waals surface area contributed by atoms with Gasteiger partial charge >= 0.3 is 6.09 Å². The van der Waals surface area contributed by atoms with Crippen molar-refractivity contribution in [3.05, 3.63) is 65.8 Å². The van der Waals surface area contributed by atoms with Crippen LogP contribution in [0.3, 0.4) is 0 Å². The summed E-state index contributed by atoms with van der Waals surface area (Å²) in [4.78, 5) is 62.9. The molecule has 3 atom stereocenters. The molecule has 0 bridgehead atoms. The third-order valence-electron chi connectivity index (χ3n) is 8.53. The second-order valence-corrected chi connectivity index (χ2v) is 15.6. The fourth-order valence-electron chi connectivity index (χ4n) is 5.74. The van der Waals surface area contributed by atoms with Crippen LogP contribution in [-0.4, -0.2) is 87.5 Å². The number of ketones is 1. The van der Waals surface area contributed by atoms with Crippen molar-refractivity contribution in [2.45, 2.75) is 119 Å².